The SMILES string of the molecule is CC(C)(CCCO)CNC(=O)CCOC1CCNCC1. The summed E-state index contributed by atoms with van der Waals surface area (Å²) < 4.78 is 5.72. The Morgan fingerprint density at radius 3 is 2.75 bits per heavy atom. The molecule has 5 heteroatoms. The summed E-state index contributed by atoms with van der Waals surface area (Å²) in [6, 6.07) is 0. The van der Waals surface area contributed by atoms with Crippen molar-refractivity contribution in [1.29, 1.82) is 0 Å². The lowest BCUT2D eigenvalue weighted by Gasteiger charge is -2.25. The Kier molecular flexibility index (Phi) is 8.11. The van der Waals surface area contributed by atoms with E-state index in [1.807, 2.05) is 0 Å². The molecule has 1 aliphatic rings. The van der Waals surface area contributed by atoms with E-state index < -0.39 is 0 Å². The molecule has 20 heavy (non-hydrogen) atoms. The van der Waals surface area contributed by atoms with Gasteiger partial charge in [-0.15, -0.1) is 0 Å². The second-order valence-corrected chi connectivity index (χ2v) is 6.34. The molecule has 0 radical (unpaired) electrons. The van der Waals surface area contributed by atoms with Gasteiger partial charge in [-0.1, -0.05) is 13.8 Å². The second-order valence-electron chi connectivity index (χ2n) is 6.34. The molecule has 1 aliphatic heterocycles. The van der Waals surface area contributed by atoms with Crippen LogP contribution in [0.2, 0.25) is 0 Å². The Morgan fingerprint density at radius 2 is 2.10 bits per heavy atom. The van der Waals surface area contributed by atoms with Gasteiger partial charge < -0.3 is 20.5 Å². The van der Waals surface area contributed by atoms with Crippen molar-refractivity contribution in [2.45, 2.75) is 52.1 Å². The molecule has 0 atom stereocenters. The highest BCUT2D eigenvalue weighted by Crippen LogP contribution is 2.20. The fraction of sp³-hybridized carbons (Fsp3) is 0.933. The smallest absolute Gasteiger partial charge is 0.222 e. The zero-order valence-electron chi connectivity index (χ0n) is 12.9. The summed E-state index contributed by atoms with van der Waals surface area (Å²) in [5.41, 5.74) is 0.0360. The van der Waals surface area contributed by atoms with E-state index in [4.69, 9.17) is 9.84 Å². The van der Waals surface area contributed by atoms with Crippen LogP contribution < -0.4 is 10.6 Å². The number of nitrogens with one attached hydrogen (secondary N) is 2. The molecular formula is C15H30N2O3. The minimum absolute atomic E-state index is 0.0360. The Hall–Kier alpha value is -0.650. The average molecular weight is 286 g/mol. The third-order valence-electron chi connectivity index (χ3n) is 3.74. The van der Waals surface area contributed by atoms with E-state index in [-0.39, 0.29) is 17.9 Å². The molecule has 1 amide bonds. The Morgan fingerprint density at radius 1 is 1.40 bits per heavy atom. The number of aliphatic hydroxyl groups is 1. The van der Waals surface area contributed by atoms with Crippen molar-refractivity contribution in [3.8, 4) is 0 Å². The molecule has 0 aliphatic carbocycles. The van der Waals surface area contributed by atoms with Crippen LogP contribution in [0.3, 0.4) is 0 Å². The first-order chi connectivity index (χ1) is 9.53. The summed E-state index contributed by atoms with van der Waals surface area (Å²) >= 11 is 0. The molecule has 0 aromatic heterocycles. The summed E-state index contributed by atoms with van der Waals surface area (Å²) in [6.45, 7) is 7.60. The zero-order chi connectivity index (χ0) is 14.8. The fourth-order valence-electron chi connectivity index (χ4n) is 2.35. The fourth-order valence-corrected chi connectivity index (χ4v) is 2.35. The first-order valence-electron chi connectivity index (χ1n) is 7.73. The molecule has 118 valence electrons. The van der Waals surface area contributed by atoms with Crippen LogP contribution in [0.5, 0.6) is 0 Å². The number of rotatable bonds is 9. The maximum atomic E-state index is 11.8. The Bertz CT molecular complexity index is 276. The summed E-state index contributed by atoms with van der Waals surface area (Å²) in [5.74, 6) is 0.0519. The summed E-state index contributed by atoms with van der Waals surface area (Å²) in [6.07, 6.45) is 4.51. The number of aliphatic hydroxyl groups excluding tert-OH is 1. The predicted octanol–water partition coefficient (Wildman–Crippen LogP) is 1.06. The molecule has 3 N–H and O–H groups in total. The number of amides is 1. The van der Waals surface area contributed by atoms with Crippen LogP contribution in [0.25, 0.3) is 0 Å². The Balaban J connectivity index is 2.07. The maximum absolute atomic E-state index is 11.8. The number of ether oxygens (including phenoxy) is 1. The highest BCUT2D eigenvalue weighted by atomic mass is 16.5. The number of carbonyl (C=O) groups is 1. The number of hydrogen-bond donors (Lipinski definition) is 3. The largest absolute Gasteiger partial charge is 0.396 e. The number of hydrogen-bond acceptors (Lipinski definition) is 4. The van der Waals surface area contributed by atoms with Crippen LogP contribution in [0, 0.1) is 5.41 Å². The van der Waals surface area contributed by atoms with Crippen molar-refractivity contribution >= 4 is 5.91 Å². The van der Waals surface area contributed by atoms with E-state index in [1.165, 1.54) is 0 Å². The van der Waals surface area contributed by atoms with Crippen molar-refractivity contribution in [3.05, 3.63) is 0 Å². The van der Waals surface area contributed by atoms with E-state index in [0.717, 1.165) is 38.8 Å². The second kappa shape index (κ2) is 9.32. The van der Waals surface area contributed by atoms with Gasteiger partial charge in [0.05, 0.1) is 12.7 Å². The van der Waals surface area contributed by atoms with Crippen LogP contribution >= 0.6 is 0 Å². The summed E-state index contributed by atoms with van der Waals surface area (Å²) in [7, 11) is 0. The monoisotopic (exact) mass is 286 g/mol. The van der Waals surface area contributed by atoms with E-state index in [9.17, 15) is 4.79 Å². The van der Waals surface area contributed by atoms with Gasteiger partial charge in [0.1, 0.15) is 0 Å². The maximum Gasteiger partial charge on any atom is 0.222 e. The summed E-state index contributed by atoms with van der Waals surface area (Å²) in [4.78, 5) is 11.8. The highest BCUT2D eigenvalue weighted by molar-refractivity contribution is 5.75. The molecule has 1 saturated heterocycles. The van der Waals surface area contributed by atoms with Gasteiger partial charge in [0.15, 0.2) is 0 Å². The van der Waals surface area contributed by atoms with Crippen LogP contribution in [0.4, 0.5) is 0 Å². The number of piperidine rings is 1. The minimum atomic E-state index is 0.0360. The van der Waals surface area contributed by atoms with Crippen molar-refractivity contribution in [2.24, 2.45) is 5.41 Å². The molecule has 0 saturated carbocycles. The standard InChI is InChI=1S/C15H30N2O3/c1-15(2,7-3-10-18)12-17-14(19)6-11-20-13-4-8-16-9-5-13/h13,16,18H,3-12H2,1-2H3,(H,17,19). The predicted molar refractivity (Wildman–Crippen MR) is 79.6 cm³/mol. The zero-order valence-corrected chi connectivity index (χ0v) is 12.9. The van der Waals surface area contributed by atoms with Gasteiger partial charge in [-0.3, -0.25) is 4.79 Å². The lowest BCUT2D eigenvalue weighted by Crippen LogP contribution is -2.36. The van der Waals surface area contributed by atoms with Crippen molar-refractivity contribution in [1.82, 2.24) is 10.6 Å². The highest BCUT2D eigenvalue weighted by Gasteiger charge is 2.18. The van der Waals surface area contributed by atoms with Gasteiger partial charge in [0.2, 0.25) is 5.91 Å². The third kappa shape index (κ3) is 7.82. The van der Waals surface area contributed by atoms with Crippen molar-refractivity contribution in [2.75, 3.05) is 32.8 Å². The van der Waals surface area contributed by atoms with E-state index in [1.54, 1.807) is 0 Å². The molecule has 0 bridgehead atoms. The normalized spacial score (nSPS) is 17.1. The van der Waals surface area contributed by atoms with Gasteiger partial charge in [-0.2, -0.15) is 0 Å². The molecule has 1 heterocycles. The molecule has 1 rings (SSSR count). The quantitative estimate of drug-likeness (QED) is 0.593. The van der Waals surface area contributed by atoms with Gasteiger partial charge in [-0.05, 0) is 44.2 Å². The van der Waals surface area contributed by atoms with Crippen molar-refractivity contribution < 1.29 is 14.6 Å². The molecule has 0 aromatic carbocycles. The minimum Gasteiger partial charge on any atom is -0.396 e. The Labute approximate surface area is 122 Å². The molecule has 1 fully saturated rings. The van der Waals surface area contributed by atoms with Crippen LogP contribution in [0.15, 0.2) is 0 Å². The first kappa shape index (κ1) is 17.4. The molecule has 0 aromatic rings. The third-order valence-corrected chi connectivity index (χ3v) is 3.74. The lowest BCUT2D eigenvalue weighted by molar-refractivity contribution is -0.123. The average Bonchev–Trinajstić information content (AvgIpc) is 2.44. The van der Waals surface area contributed by atoms with Gasteiger partial charge in [0.25, 0.3) is 0 Å². The van der Waals surface area contributed by atoms with Crippen LogP contribution in [0.1, 0.15) is 46.0 Å². The molecular weight excluding hydrogens is 256 g/mol. The van der Waals surface area contributed by atoms with Gasteiger partial charge in [-0.25, -0.2) is 0 Å². The first-order valence-corrected chi connectivity index (χ1v) is 7.73. The van der Waals surface area contributed by atoms with Crippen molar-refractivity contribution in [3.63, 3.8) is 0 Å². The van der Waals surface area contributed by atoms with Crippen LogP contribution in [-0.4, -0.2) is 50.0 Å². The topological polar surface area (TPSA) is 70.6 Å². The molecule has 0 spiro atoms. The van der Waals surface area contributed by atoms with E-state index in [2.05, 4.69) is 24.5 Å². The van der Waals surface area contributed by atoms with E-state index in [0.29, 0.717) is 25.7 Å². The van der Waals surface area contributed by atoms with Gasteiger partial charge in [0, 0.05) is 19.6 Å². The summed E-state index contributed by atoms with van der Waals surface area (Å²) in [5, 5.41) is 15.1. The van der Waals surface area contributed by atoms with E-state index >= 15 is 0 Å². The van der Waals surface area contributed by atoms with Gasteiger partial charge >= 0.3 is 0 Å². The lowest BCUT2D eigenvalue weighted by atomic mass is 9.88. The van der Waals surface area contributed by atoms with Crippen LogP contribution in [-0.2, 0) is 9.53 Å². The molecule has 5 nitrogen and oxygen atoms in total. The number of carbonyl (C=O) groups excluding carboxylic acids is 1. The molecule has 0 unspecified atom stereocenters.